The van der Waals surface area contributed by atoms with E-state index in [1.54, 1.807) is 4.90 Å². The average Bonchev–Trinajstić information content (AvgIpc) is 2.26. The number of piperidine rings is 1. The number of hydrogen-bond acceptors (Lipinski definition) is 4. The second-order valence-electron chi connectivity index (χ2n) is 4.29. The van der Waals surface area contributed by atoms with Crippen molar-refractivity contribution in [3.63, 3.8) is 0 Å². The van der Waals surface area contributed by atoms with E-state index < -0.39 is 5.24 Å². The Morgan fingerprint density at radius 2 is 1.94 bits per heavy atom. The predicted octanol–water partition coefficient (Wildman–Crippen LogP) is 1.78. The second kappa shape index (κ2) is 6.81. The summed E-state index contributed by atoms with van der Waals surface area (Å²) in [7, 11) is 0. The van der Waals surface area contributed by atoms with Gasteiger partial charge in [-0.2, -0.15) is 0 Å². The van der Waals surface area contributed by atoms with Gasteiger partial charge in [0.25, 0.3) is 0 Å². The van der Waals surface area contributed by atoms with E-state index in [4.69, 9.17) is 21.1 Å². The van der Waals surface area contributed by atoms with Crippen LogP contribution in [0.15, 0.2) is 0 Å². The molecule has 0 saturated carbocycles. The van der Waals surface area contributed by atoms with Crippen molar-refractivity contribution in [1.29, 1.82) is 0 Å². The molecule has 0 atom stereocenters. The molecule has 0 bridgehead atoms. The van der Waals surface area contributed by atoms with E-state index >= 15 is 0 Å². The Kier molecular flexibility index (Phi) is 5.71. The van der Waals surface area contributed by atoms with Crippen molar-refractivity contribution in [2.75, 3.05) is 19.7 Å². The molecule has 1 aliphatic rings. The number of amides is 1. The van der Waals surface area contributed by atoms with E-state index in [0.29, 0.717) is 25.9 Å². The Morgan fingerprint density at radius 3 is 2.41 bits per heavy atom. The van der Waals surface area contributed by atoms with E-state index in [9.17, 15) is 9.59 Å². The zero-order chi connectivity index (χ0) is 12.8. The van der Waals surface area contributed by atoms with E-state index in [0.717, 1.165) is 0 Å². The minimum atomic E-state index is -0.494. The highest BCUT2D eigenvalue weighted by Crippen LogP contribution is 2.15. The van der Waals surface area contributed by atoms with Crippen molar-refractivity contribution >= 4 is 22.9 Å². The summed E-state index contributed by atoms with van der Waals surface area (Å²) >= 11 is 5.18. The molecular formula is C11H18ClNO4. The van der Waals surface area contributed by atoms with Crippen LogP contribution in [0.3, 0.4) is 0 Å². The molecule has 17 heavy (non-hydrogen) atoms. The van der Waals surface area contributed by atoms with Crippen molar-refractivity contribution in [1.82, 2.24) is 4.90 Å². The van der Waals surface area contributed by atoms with Gasteiger partial charge in [0.2, 0.25) is 5.24 Å². The zero-order valence-electron chi connectivity index (χ0n) is 10.1. The summed E-state index contributed by atoms with van der Waals surface area (Å²) in [6.07, 6.45) is 1.02. The molecule has 0 aromatic heterocycles. The van der Waals surface area contributed by atoms with Crippen molar-refractivity contribution in [2.45, 2.75) is 38.9 Å². The van der Waals surface area contributed by atoms with Crippen LogP contribution in [0.2, 0.25) is 0 Å². The van der Waals surface area contributed by atoms with Crippen LogP contribution in [0, 0.1) is 0 Å². The lowest BCUT2D eigenvalue weighted by molar-refractivity contribution is -0.118. The van der Waals surface area contributed by atoms with Gasteiger partial charge in [-0.15, -0.1) is 0 Å². The molecule has 0 N–H and O–H groups in total. The number of likely N-dealkylation sites (tertiary alicyclic amines) is 1. The van der Waals surface area contributed by atoms with Gasteiger partial charge in [-0.3, -0.25) is 4.79 Å². The third kappa shape index (κ3) is 5.37. The average molecular weight is 264 g/mol. The topological polar surface area (TPSA) is 55.8 Å². The molecule has 0 radical (unpaired) electrons. The first-order chi connectivity index (χ1) is 7.99. The Labute approximate surface area is 106 Å². The fourth-order valence-electron chi connectivity index (χ4n) is 1.66. The molecule has 1 heterocycles. The van der Waals surface area contributed by atoms with Gasteiger partial charge in [-0.25, -0.2) is 4.79 Å². The highest BCUT2D eigenvalue weighted by molar-refractivity contribution is 6.63. The fraction of sp³-hybridized carbons (Fsp3) is 0.818. The first-order valence-electron chi connectivity index (χ1n) is 5.74. The quantitative estimate of drug-likeness (QED) is 0.726. The predicted molar refractivity (Wildman–Crippen MR) is 63.0 cm³/mol. The number of rotatable bonds is 4. The highest BCUT2D eigenvalue weighted by Gasteiger charge is 2.24. The summed E-state index contributed by atoms with van der Waals surface area (Å²) in [4.78, 5) is 23.8. The van der Waals surface area contributed by atoms with Gasteiger partial charge in [-0.1, -0.05) is 0 Å². The summed E-state index contributed by atoms with van der Waals surface area (Å²) in [6, 6.07) is 0. The lowest BCUT2D eigenvalue weighted by atomic mass is 10.1. The molecule has 1 amide bonds. The normalized spacial score (nSPS) is 17.3. The maximum Gasteiger partial charge on any atom is 0.410 e. The number of halogens is 1. The van der Waals surface area contributed by atoms with E-state index in [1.807, 2.05) is 13.8 Å². The smallest absolute Gasteiger partial charge is 0.410 e. The van der Waals surface area contributed by atoms with Gasteiger partial charge in [0.15, 0.2) is 0 Å². The molecule has 1 fully saturated rings. The van der Waals surface area contributed by atoms with Crippen molar-refractivity contribution in [3.05, 3.63) is 0 Å². The van der Waals surface area contributed by atoms with Crippen LogP contribution in [0.5, 0.6) is 0 Å². The van der Waals surface area contributed by atoms with Crippen molar-refractivity contribution in [3.8, 4) is 0 Å². The number of nitrogens with zero attached hydrogens (tertiary/aromatic N) is 1. The lowest BCUT2D eigenvalue weighted by Gasteiger charge is -2.31. The highest BCUT2D eigenvalue weighted by atomic mass is 35.5. The van der Waals surface area contributed by atoms with Gasteiger partial charge >= 0.3 is 6.09 Å². The largest absolute Gasteiger partial charge is 0.447 e. The minimum Gasteiger partial charge on any atom is -0.447 e. The zero-order valence-corrected chi connectivity index (χ0v) is 10.9. The molecule has 1 rings (SSSR count). The first kappa shape index (κ1) is 14.3. The summed E-state index contributed by atoms with van der Waals surface area (Å²) in [5, 5.41) is -0.494. The molecule has 0 aliphatic carbocycles. The number of carbonyl (C=O) groups excluding carboxylic acids is 2. The summed E-state index contributed by atoms with van der Waals surface area (Å²) in [6.45, 7) is 4.75. The van der Waals surface area contributed by atoms with Crippen molar-refractivity contribution in [2.24, 2.45) is 0 Å². The Hall–Kier alpha value is -0.810. The molecule has 6 heteroatoms. The van der Waals surface area contributed by atoms with Gasteiger partial charge in [0, 0.05) is 13.1 Å². The Balaban J connectivity index is 2.25. The molecule has 1 saturated heterocycles. The molecule has 98 valence electrons. The van der Waals surface area contributed by atoms with E-state index in [-0.39, 0.29) is 24.9 Å². The van der Waals surface area contributed by atoms with Crippen LogP contribution in [-0.4, -0.2) is 48.1 Å². The number of ether oxygens (including phenoxy) is 2. The molecule has 0 aromatic carbocycles. The van der Waals surface area contributed by atoms with Crippen LogP contribution < -0.4 is 0 Å². The molecule has 5 nitrogen and oxygen atoms in total. The second-order valence-corrected chi connectivity index (χ2v) is 4.71. The van der Waals surface area contributed by atoms with Gasteiger partial charge in [-0.05, 0) is 38.3 Å². The summed E-state index contributed by atoms with van der Waals surface area (Å²) in [5.41, 5.74) is 0. The van der Waals surface area contributed by atoms with Gasteiger partial charge < -0.3 is 14.4 Å². The van der Waals surface area contributed by atoms with Gasteiger partial charge in [0.05, 0.1) is 12.2 Å². The minimum absolute atomic E-state index is 0.000741. The Morgan fingerprint density at radius 1 is 1.35 bits per heavy atom. The third-order valence-electron chi connectivity index (χ3n) is 2.47. The fourth-order valence-corrected chi connectivity index (χ4v) is 1.73. The number of carbonyl (C=O) groups is 2. The van der Waals surface area contributed by atoms with Gasteiger partial charge in [0.1, 0.15) is 6.61 Å². The van der Waals surface area contributed by atoms with Crippen LogP contribution in [0.25, 0.3) is 0 Å². The SMILES string of the molecule is CC(C)OC(=O)N1CCC(OCC(=O)Cl)CC1. The third-order valence-corrected chi connectivity index (χ3v) is 2.58. The molecular weight excluding hydrogens is 246 g/mol. The standard InChI is InChI=1S/C11H18ClNO4/c1-8(2)17-11(15)13-5-3-9(4-6-13)16-7-10(12)14/h8-9H,3-7H2,1-2H3. The van der Waals surface area contributed by atoms with Crippen LogP contribution in [-0.2, 0) is 14.3 Å². The van der Waals surface area contributed by atoms with E-state index in [2.05, 4.69) is 0 Å². The van der Waals surface area contributed by atoms with Crippen molar-refractivity contribution < 1.29 is 19.1 Å². The summed E-state index contributed by atoms with van der Waals surface area (Å²) in [5.74, 6) is 0. The summed E-state index contributed by atoms with van der Waals surface area (Å²) < 4.78 is 10.4. The molecule has 0 spiro atoms. The maximum atomic E-state index is 11.6. The monoisotopic (exact) mass is 263 g/mol. The van der Waals surface area contributed by atoms with E-state index in [1.165, 1.54) is 0 Å². The molecule has 0 aromatic rings. The maximum absolute atomic E-state index is 11.6. The first-order valence-corrected chi connectivity index (χ1v) is 6.12. The molecule has 1 aliphatic heterocycles. The molecule has 0 unspecified atom stereocenters. The Bertz CT molecular complexity index is 275. The number of hydrogen-bond donors (Lipinski definition) is 0. The van der Waals surface area contributed by atoms with Crippen LogP contribution >= 0.6 is 11.6 Å². The van der Waals surface area contributed by atoms with Crippen LogP contribution in [0.4, 0.5) is 4.79 Å². The van der Waals surface area contributed by atoms with Crippen LogP contribution in [0.1, 0.15) is 26.7 Å². The lowest BCUT2D eigenvalue weighted by Crippen LogP contribution is -2.42.